The van der Waals surface area contributed by atoms with Crippen molar-refractivity contribution in [1.82, 2.24) is 4.31 Å². The standard InChI is InChI=1S/C22H29NO3S/c1-26-22(20-12-6-3-7-13-20)21-14-16-23(17-15-21)27(24,25)18-8-11-19-9-4-2-5-10-19/h2-7,9-10,12-13,21-22H,8,11,14-18H2,1H3. The molecule has 0 amide bonds. The van der Waals surface area contributed by atoms with Crippen molar-refractivity contribution in [2.75, 3.05) is 26.0 Å². The van der Waals surface area contributed by atoms with Crippen molar-refractivity contribution >= 4 is 10.0 Å². The molecule has 1 atom stereocenters. The van der Waals surface area contributed by atoms with Crippen LogP contribution in [0.4, 0.5) is 0 Å². The Bertz CT molecular complexity index is 785. The van der Waals surface area contributed by atoms with Gasteiger partial charge in [0.25, 0.3) is 0 Å². The fraction of sp³-hybridized carbons (Fsp3) is 0.455. The molecule has 1 unspecified atom stereocenters. The molecule has 1 heterocycles. The molecule has 0 spiro atoms. The lowest BCUT2D eigenvalue weighted by molar-refractivity contribution is 0.0303. The summed E-state index contributed by atoms with van der Waals surface area (Å²) in [5.74, 6) is 0.576. The van der Waals surface area contributed by atoms with E-state index in [4.69, 9.17) is 4.74 Å². The van der Waals surface area contributed by atoms with Gasteiger partial charge in [0, 0.05) is 20.2 Å². The van der Waals surface area contributed by atoms with Crippen molar-refractivity contribution in [3.63, 3.8) is 0 Å². The number of sulfonamides is 1. The van der Waals surface area contributed by atoms with Crippen LogP contribution in [0.15, 0.2) is 60.7 Å². The van der Waals surface area contributed by atoms with Crippen LogP contribution in [-0.4, -0.2) is 38.7 Å². The van der Waals surface area contributed by atoms with Crippen LogP contribution in [0.25, 0.3) is 0 Å². The molecule has 0 saturated carbocycles. The summed E-state index contributed by atoms with van der Waals surface area (Å²) in [6, 6.07) is 20.3. The van der Waals surface area contributed by atoms with Gasteiger partial charge in [-0.15, -0.1) is 0 Å². The van der Waals surface area contributed by atoms with Crippen LogP contribution < -0.4 is 0 Å². The lowest BCUT2D eigenvalue weighted by atomic mass is 9.88. The van der Waals surface area contributed by atoms with Crippen LogP contribution in [-0.2, 0) is 21.2 Å². The molecule has 1 saturated heterocycles. The maximum absolute atomic E-state index is 12.7. The van der Waals surface area contributed by atoms with Gasteiger partial charge in [0.05, 0.1) is 11.9 Å². The molecule has 1 fully saturated rings. The van der Waals surface area contributed by atoms with E-state index in [0.29, 0.717) is 25.4 Å². The van der Waals surface area contributed by atoms with Gasteiger partial charge in [0.15, 0.2) is 0 Å². The number of ether oxygens (including phenoxy) is 1. The first kappa shape index (κ1) is 20.1. The largest absolute Gasteiger partial charge is 0.376 e. The van der Waals surface area contributed by atoms with Crippen molar-refractivity contribution in [2.45, 2.75) is 31.8 Å². The van der Waals surface area contributed by atoms with Gasteiger partial charge < -0.3 is 4.74 Å². The Morgan fingerprint density at radius 1 is 1.00 bits per heavy atom. The van der Waals surface area contributed by atoms with Crippen LogP contribution >= 0.6 is 0 Å². The maximum Gasteiger partial charge on any atom is 0.214 e. The highest BCUT2D eigenvalue weighted by Crippen LogP contribution is 2.34. The van der Waals surface area contributed by atoms with E-state index in [0.717, 1.165) is 19.3 Å². The van der Waals surface area contributed by atoms with Crippen molar-refractivity contribution in [2.24, 2.45) is 5.92 Å². The summed E-state index contributed by atoms with van der Waals surface area (Å²) in [7, 11) is -1.44. The normalized spacial score (nSPS) is 17.7. The quantitative estimate of drug-likeness (QED) is 0.686. The number of hydrogen-bond donors (Lipinski definition) is 0. The molecule has 27 heavy (non-hydrogen) atoms. The lowest BCUT2D eigenvalue weighted by Gasteiger charge is -2.35. The van der Waals surface area contributed by atoms with E-state index in [-0.39, 0.29) is 11.9 Å². The van der Waals surface area contributed by atoms with Crippen molar-refractivity contribution in [3.05, 3.63) is 71.8 Å². The number of piperidine rings is 1. The molecule has 0 aromatic heterocycles. The van der Waals surface area contributed by atoms with Gasteiger partial charge in [-0.25, -0.2) is 12.7 Å². The molecule has 3 rings (SSSR count). The summed E-state index contributed by atoms with van der Waals surface area (Å²) >= 11 is 0. The predicted octanol–water partition coefficient (Wildman–Crippen LogP) is 4.05. The van der Waals surface area contributed by atoms with E-state index in [1.54, 1.807) is 11.4 Å². The van der Waals surface area contributed by atoms with Gasteiger partial charge in [-0.05, 0) is 42.7 Å². The van der Waals surface area contributed by atoms with Crippen LogP contribution in [0, 0.1) is 5.92 Å². The Morgan fingerprint density at radius 3 is 2.19 bits per heavy atom. The highest BCUT2D eigenvalue weighted by atomic mass is 32.2. The zero-order chi connectivity index (χ0) is 19.1. The van der Waals surface area contributed by atoms with Crippen molar-refractivity contribution < 1.29 is 13.2 Å². The number of aryl methyl sites for hydroxylation is 1. The van der Waals surface area contributed by atoms with Crippen LogP contribution in [0.5, 0.6) is 0 Å². The average molecular weight is 388 g/mol. The molecule has 0 aliphatic carbocycles. The average Bonchev–Trinajstić information content (AvgIpc) is 2.70. The van der Waals surface area contributed by atoms with Gasteiger partial charge in [-0.2, -0.15) is 0 Å². The molecule has 2 aromatic rings. The smallest absolute Gasteiger partial charge is 0.214 e. The summed E-state index contributed by atoms with van der Waals surface area (Å²) < 4.78 is 32.8. The van der Waals surface area contributed by atoms with Gasteiger partial charge in [0.2, 0.25) is 10.0 Å². The minimum Gasteiger partial charge on any atom is -0.376 e. The van der Waals surface area contributed by atoms with Crippen LogP contribution in [0.3, 0.4) is 0 Å². The molecule has 0 bridgehead atoms. The first-order valence-electron chi connectivity index (χ1n) is 9.69. The maximum atomic E-state index is 12.7. The van der Waals surface area contributed by atoms with E-state index in [2.05, 4.69) is 12.1 Å². The van der Waals surface area contributed by atoms with Crippen LogP contribution in [0.2, 0.25) is 0 Å². The van der Waals surface area contributed by atoms with Crippen molar-refractivity contribution in [1.29, 1.82) is 0 Å². The molecule has 0 radical (unpaired) electrons. The van der Waals surface area contributed by atoms with E-state index in [1.807, 2.05) is 48.5 Å². The fourth-order valence-electron chi connectivity index (χ4n) is 3.93. The van der Waals surface area contributed by atoms with E-state index in [9.17, 15) is 8.42 Å². The van der Waals surface area contributed by atoms with E-state index >= 15 is 0 Å². The number of methoxy groups -OCH3 is 1. The third kappa shape index (κ3) is 5.41. The molecule has 1 aliphatic heterocycles. The van der Waals surface area contributed by atoms with Gasteiger partial charge in [0.1, 0.15) is 0 Å². The zero-order valence-electron chi connectivity index (χ0n) is 16.0. The molecule has 5 heteroatoms. The van der Waals surface area contributed by atoms with Gasteiger partial charge in [-0.3, -0.25) is 0 Å². The monoisotopic (exact) mass is 387 g/mol. The number of nitrogens with zero attached hydrogens (tertiary/aromatic N) is 1. The number of benzene rings is 2. The molecule has 146 valence electrons. The second-order valence-corrected chi connectivity index (χ2v) is 9.30. The zero-order valence-corrected chi connectivity index (χ0v) is 16.8. The highest BCUT2D eigenvalue weighted by Gasteiger charge is 2.32. The molecule has 4 nitrogen and oxygen atoms in total. The molecule has 1 aliphatic rings. The first-order chi connectivity index (χ1) is 13.1. The lowest BCUT2D eigenvalue weighted by Crippen LogP contribution is -2.41. The second kappa shape index (κ2) is 9.49. The van der Waals surface area contributed by atoms with E-state index in [1.165, 1.54) is 11.1 Å². The minimum atomic E-state index is -3.18. The molecular formula is C22H29NO3S. The Labute approximate surface area is 163 Å². The topological polar surface area (TPSA) is 46.6 Å². The first-order valence-corrected chi connectivity index (χ1v) is 11.3. The van der Waals surface area contributed by atoms with Crippen molar-refractivity contribution in [3.8, 4) is 0 Å². The van der Waals surface area contributed by atoms with Gasteiger partial charge in [-0.1, -0.05) is 60.7 Å². The Morgan fingerprint density at radius 2 is 1.59 bits per heavy atom. The minimum absolute atomic E-state index is 0.0362. The Hall–Kier alpha value is -1.69. The number of rotatable bonds is 8. The van der Waals surface area contributed by atoms with Crippen LogP contribution in [0.1, 0.15) is 36.5 Å². The Kier molecular flexibility index (Phi) is 7.05. The Balaban J connectivity index is 1.51. The third-order valence-corrected chi connectivity index (χ3v) is 7.37. The summed E-state index contributed by atoms with van der Waals surface area (Å²) in [6.45, 7) is 1.18. The fourth-order valence-corrected chi connectivity index (χ4v) is 5.47. The predicted molar refractivity (Wildman–Crippen MR) is 109 cm³/mol. The molecular weight excluding hydrogens is 358 g/mol. The molecule has 2 aromatic carbocycles. The third-order valence-electron chi connectivity index (χ3n) is 5.41. The van der Waals surface area contributed by atoms with E-state index < -0.39 is 10.0 Å². The summed E-state index contributed by atoms with van der Waals surface area (Å²) in [4.78, 5) is 0. The SMILES string of the molecule is COC(c1ccccc1)C1CCN(S(=O)(=O)CCCc2ccccc2)CC1. The summed E-state index contributed by atoms with van der Waals surface area (Å²) in [5.41, 5.74) is 2.36. The second-order valence-electron chi connectivity index (χ2n) is 7.21. The van der Waals surface area contributed by atoms with Gasteiger partial charge >= 0.3 is 0 Å². The summed E-state index contributed by atoms with van der Waals surface area (Å²) in [6.07, 6.45) is 3.18. The highest BCUT2D eigenvalue weighted by molar-refractivity contribution is 7.89. The molecule has 0 N–H and O–H groups in total. The number of hydrogen-bond acceptors (Lipinski definition) is 3. The summed E-state index contributed by atoms with van der Waals surface area (Å²) in [5, 5.41) is 0.